The number of aryl methyl sites for hydroxylation is 15. The molecule has 0 unspecified atom stereocenters. The molecule has 630 valence electrons. The highest BCUT2D eigenvalue weighted by Gasteiger charge is 2.47. The van der Waals surface area contributed by atoms with Gasteiger partial charge in [-0.3, -0.25) is 24.9 Å². The first kappa shape index (κ1) is 82.2. The summed E-state index contributed by atoms with van der Waals surface area (Å²) in [5.41, 5.74) is 50.7. The van der Waals surface area contributed by atoms with Crippen LogP contribution in [0.1, 0.15) is 224 Å². The molecule has 0 fully saturated rings. The van der Waals surface area contributed by atoms with Gasteiger partial charge in [0.2, 0.25) is 28.5 Å². The van der Waals surface area contributed by atoms with Crippen molar-refractivity contribution in [2.24, 2.45) is 35.2 Å². The minimum Gasteiger partial charge on any atom is -0.260 e. The monoisotopic (exact) mass is 1650 g/mol. The third kappa shape index (κ3) is 14.5. The van der Waals surface area contributed by atoms with E-state index in [1.54, 1.807) is 6.20 Å². The summed E-state index contributed by atoms with van der Waals surface area (Å²) in [6, 6.07) is 63.7. The van der Waals surface area contributed by atoms with Crippen LogP contribution in [-0.2, 0) is 75.2 Å². The summed E-state index contributed by atoms with van der Waals surface area (Å²) in [5, 5.41) is 0. The largest absolute Gasteiger partial charge is 0.260 e. The fraction of sp³-hybridized carbons (Fsp3) is 0.304. The highest BCUT2D eigenvalue weighted by atomic mass is 14.9. The van der Waals surface area contributed by atoms with Gasteiger partial charge in [0.1, 0.15) is 35.2 Å². The lowest BCUT2D eigenvalue weighted by atomic mass is 9.80. The molecule has 20 rings (SSSR count). The van der Waals surface area contributed by atoms with Crippen LogP contribution in [0.25, 0.3) is 112 Å². The van der Waals surface area contributed by atoms with E-state index < -0.39 is 6.85 Å². The molecule has 5 aromatic carbocycles. The molecule has 15 aromatic rings. The molecule has 0 radical (unpaired) electrons. The molecule has 10 heteroatoms. The molecular formula is C115H125N10+5. The number of aromatic nitrogens is 10. The summed E-state index contributed by atoms with van der Waals surface area (Å²) in [6.45, 7) is 44.7. The van der Waals surface area contributed by atoms with Crippen LogP contribution in [0.4, 0.5) is 0 Å². The third-order valence-corrected chi connectivity index (χ3v) is 27.8. The van der Waals surface area contributed by atoms with E-state index in [0.717, 1.165) is 29.8 Å². The van der Waals surface area contributed by atoms with Crippen molar-refractivity contribution in [2.45, 2.75) is 198 Å². The first-order valence-corrected chi connectivity index (χ1v) is 44.6. The Hall–Kier alpha value is -12.4. The maximum atomic E-state index is 7.81. The molecule has 0 saturated heterocycles. The molecule has 0 spiro atoms. The molecule has 0 saturated carbocycles. The van der Waals surface area contributed by atoms with E-state index in [9.17, 15) is 0 Å². The summed E-state index contributed by atoms with van der Waals surface area (Å²) in [7, 11) is 10.5. The Bertz CT molecular complexity index is 6830. The fourth-order valence-corrected chi connectivity index (χ4v) is 21.0. The average Bonchev–Trinajstić information content (AvgIpc) is 1.59. The predicted octanol–water partition coefficient (Wildman–Crippen LogP) is 24.1. The van der Waals surface area contributed by atoms with Gasteiger partial charge in [-0.15, -0.1) is 0 Å². The maximum absolute atomic E-state index is 7.81. The van der Waals surface area contributed by atoms with Gasteiger partial charge in [0.05, 0.1) is 56.3 Å². The van der Waals surface area contributed by atoms with Gasteiger partial charge in [-0.25, -0.2) is 22.8 Å². The van der Waals surface area contributed by atoms with Gasteiger partial charge in [0.15, 0.2) is 31.0 Å². The van der Waals surface area contributed by atoms with E-state index in [1.807, 2.05) is 85.9 Å². The van der Waals surface area contributed by atoms with Gasteiger partial charge in [-0.1, -0.05) is 188 Å². The van der Waals surface area contributed by atoms with Crippen molar-refractivity contribution in [3.8, 4) is 112 Å². The molecule has 0 amide bonds. The normalized spacial score (nSPS) is 14.8. The second kappa shape index (κ2) is 32.6. The van der Waals surface area contributed by atoms with Crippen molar-refractivity contribution < 1.29 is 26.9 Å². The lowest BCUT2D eigenvalue weighted by molar-refractivity contribution is -0.660. The first-order valence-electron chi connectivity index (χ1n) is 46.1. The first-order chi connectivity index (χ1) is 60.7. The van der Waals surface area contributed by atoms with Crippen LogP contribution in [0.2, 0.25) is 0 Å². The lowest BCUT2D eigenvalue weighted by Gasteiger charge is -2.23. The van der Waals surface area contributed by atoms with E-state index >= 15 is 0 Å². The van der Waals surface area contributed by atoms with E-state index in [4.69, 9.17) is 29.0 Å². The van der Waals surface area contributed by atoms with Crippen LogP contribution in [-0.4, -0.2) is 24.9 Å². The van der Waals surface area contributed by atoms with Crippen LogP contribution < -0.4 is 22.8 Å². The second-order valence-corrected chi connectivity index (χ2v) is 38.5. The molecule has 0 aliphatic heterocycles. The SMILES string of the molecule is CCc1cc[n+](C)c(-c2c(C)ccc3c2C(C)(C)c2ncccc2-3)c1.CCc1cc[n+](C)c(-c2c(C)ccc3c2C(C)(C)c2ncccc2-3)c1.Cc1cc[n+](C)c(-c2c(C)ccc3c2C(C)(C)c2ncccc2-3)c1.Cc1ccc2c(c1-c1cc(C(C)C)cc[n+]1C)C(C)(C)c1ncccc1-2.[2H]C([2H])([2H])c1c[n+](C)c(-c2c(C)ccc3c2C(C)(C)c2ncccc2-3)cc1C. The molecule has 5 aliphatic rings. The van der Waals surface area contributed by atoms with Crippen molar-refractivity contribution in [1.82, 2.24) is 24.9 Å². The molecule has 0 bridgehead atoms. The zero-order valence-electron chi connectivity index (χ0n) is 81.5. The molecule has 0 atom stereocenters. The zero-order chi connectivity index (χ0) is 91.7. The minimum atomic E-state index is -2.12. The topological polar surface area (TPSA) is 83.9 Å². The summed E-state index contributed by atoms with van der Waals surface area (Å²) in [5.74, 6) is 0.513. The van der Waals surface area contributed by atoms with Crippen LogP contribution in [0, 0.1) is 55.3 Å². The third-order valence-electron chi connectivity index (χ3n) is 27.8. The van der Waals surface area contributed by atoms with E-state index in [2.05, 4.69) is 349 Å². The number of hydrogen-bond donors (Lipinski definition) is 0. The number of nitrogens with zero attached hydrogens (tertiary/aromatic N) is 10. The predicted molar refractivity (Wildman–Crippen MR) is 513 cm³/mol. The van der Waals surface area contributed by atoms with E-state index in [-0.39, 0.29) is 27.1 Å². The molecular weight excluding hydrogens is 1520 g/mol. The highest BCUT2D eigenvalue weighted by molar-refractivity contribution is 5.93. The molecule has 5 aliphatic carbocycles. The number of rotatable bonds is 8. The summed E-state index contributed by atoms with van der Waals surface area (Å²) in [4.78, 5) is 23.7. The Morgan fingerprint density at radius 3 is 0.832 bits per heavy atom. The standard InChI is InChI=1S/C24H27N2.3C23H25N2.C22H23N2/c1-15(2)17-11-13-26(6)20(14-17)21-16(3)9-10-18-19-8-7-12-25-23(19)24(4,5)22(18)21;1-14-9-10-17-18-8-7-11-24-22(18)23(4,5)21(17)20(14)19-12-15(2)16(3)13-25(19)6;2*1-6-16-11-13-25(5)19(14-16)20-15(2)9-10-17-18-8-7-12-24-22(18)23(3,4)21(17)20;1-14-10-12-24(5)18(13-14)19-15(2)8-9-16-17-7-6-11-23-21(17)22(3,4)20(16)19/h7-15H,1-6H3;7-13H,1-6H3;2*7-14H,6H2,1-5H3;6-13H,1-5H3/q5*+1/i;3D3;;;. The van der Waals surface area contributed by atoms with Gasteiger partial charge >= 0.3 is 0 Å². The second-order valence-electron chi connectivity index (χ2n) is 38.5. The lowest BCUT2D eigenvalue weighted by Crippen LogP contribution is -2.32. The van der Waals surface area contributed by atoms with Crippen molar-refractivity contribution >= 4 is 0 Å². The summed E-state index contributed by atoms with van der Waals surface area (Å²) in [6.07, 6.45) is 22.1. The van der Waals surface area contributed by atoms with Crippen LogP contribution >= 0.6 is 0 Å². The molecule has 10 nitrogen and oxygen atoms in total. The quantitative estimate of drug-likeness (QED) is 0.142. The van der Waals surface area contributed by atoms with Crippen LogP contribution in [0.15, 0.2) is 238 Å². The summed E-state index contributed by atoms with van der Waals surface area (Å²) >= 11 is 0. The number of fused-ring (bicyclic) bond motifs is 15. The number of pyridine rings is 10. The zero-order valence-corrected chi connectivity index (χ0v) is 78.5. The van der Waals surface area contributed by atoms with Gasteiger partial charge in [0, 0.05) is 150 Å². The van der Waals surface area contributed by atoms with Crippen LogP contribution in [0.5, 0.6) is 0 Å². The Morgan fingerprint density at radius 1 is 0.288 bits per heavy atom. The van der Waals surface area contributed by atoms with Crippen molar-refractivity contribution in [2.75, 3.05) is 0 Å². The smallest absolute Gasteiger partial charge is 0.213 e. The van der Waals surface area contributed by atoms with Crippen molar-refractivity contribution in [1.29, 1.82) is 0 Å². The number of hydrogen-bond acceptors (Lipinski definition) is 5. The minimum absolute atomic E-state index is 0.0932. The van der Waals surface area contributed by atoms with E-state index in [0.29, 0.717) is 11.5 Å². The summed E-state index contributed by atoms with van der Waals surface area (Å²) < 4.78 is 34.4. The van der Waals surface area contributed by atoms with Gasteiger partial charge < -0.3 is 0 Å². The molecule has 10 heterocycles. The maximum Gasteiger partial charge on any atom is 0.213 e. The van der Waals surface area contributed by atoms with Crippen molar-refractivity contribution in [3.05, 3.63) is 355 Å². The molecule has 0 N–H and O–H groups in total. The number of benzene rings is 5. The van der Waals surface area contributed by atoms with Gasteiger partial charge in [0.25, 0.3) is 0 Å². The van der Waals surface area contributed by atoms with Gasteiger partial charge in [-0.2, -0.15) is 0 Å². The molecule has 10 aromatic heterocycles. The van der Waals surface area contributed by atoms with Gasteiger partial charge in [-0.05, 0) is 216 Å². The Labute approximate surface area is 747 Å². The Morgan fingerprint density at radius 2 is 0.552 bits per heavy atom. The van der Waals surface area contributed by atoms with Crippen LogP contribution in [0.3, 0.4) is 0 Å². The average molecular weight is 1650 g/mol. The van der Waals surface area contributed by atoms with Crippen molar-refractivity contribution in [3.63, 3.8) is 0 Å². The Balaban J connectivity index is 0.000000118. The molecule has 125 heavy (non-hydrogen) atoms. The van der Waals surface area contributed by atoms with E-state index in [1.165, 1.54) is 207 Å². The highest BCUT2D eigenvalue weighted by Crippen LogP contribution is 2.58. The Kier molecular flexibility index (Phi) is 21.5. The fourth-order valence-electron chi connectivity index (χ4n) is 21.0.